The van der Waals surface area contributed by atoms with E-state index >= 15 is 0 Å². The van der Waals surface area contributed by atoms with Gasteiger partial charge in [0.1, 0.15) is 11.0 Å². The number of likely N-dealkylation sites (tertiary alicyclic amines) is 1. The zero-order valence-electron chi connectivity index (χ0n) is 13.5. The molecular weight excluding hydrogens is 354 g/mol. The Labute approximate surface area is 153 Å². The molecule has 1 fully saturated rings. The average molecular weight is 371 g/mol. The summed E-state index contributed by atoms with van der Waals surface area (Å²) in [7, 11) is 0. The predicted octanol–water partition coefficient (Wildman–Crippen LogP) is 3.28. The highest BCUT2D eigenvalue weighted by Gasteiger charge is 2.34. The van der Waals surface area contributed by atoms with Crippen LogP contribution in [0.1, 0.15) is 27.5 Å². The van der Waals surface area contributed by atoms with Gasteiger partial charge in [-0.15, -0.1) is 22.7 Å². The lowest BCUT2D eigenvalue weighted by atomic mass is 10.2. The van der Waals surface area contributed by atoms with E-state index in [2.05, 4.69) is 10.3 Å². The van der Waals surface area contributed by atoms with E-state index in [-0.39, 0.29) is 17.9 Å². The van der Waals surface area contributed by atoms with E-state index < -0.39 is 0 Å². The highest BCUT2D eigenvalue weighted by atomic mass is 32.1. The van der Waals surface area contributed by atoms with Crippen molar-refractivity contribution < 1.29 is 9.59 Å². The molecule has 0 bridgehead atoms. The molecule has 0 radical (unpaired) electrons. The number of thiophene rings is 1. The van der Waals surface area contributed by atoms with Crippen LogP contribution in [0.15, 0.2) is 41.8 Å². The second kappa shape index (κ2) is 6.93. The van der Waals surface area contributed by atoms with E-state index in [0.29, 0.717) is 24.4 Å². The molecule has 5 nitrogen and oxygen atoms in total. The number of hydrogen-bond donors (Lipinski definition) is 1. The first-order chi connectivity index (χ1) is 12.2. The molecule has 7 heteroatoms. The summed E-state index contributed by atoms with van der Waals surface area (Å²) in [5, 5.41) is 5.71. The monoisotopic (exact) mass is 371 g/mol. The number of hydrogen-bond acceptors (Lipinski definition) is 5. The summed E-state index contributed by atoms with van der Waals surface area (Å²) < 4.78 is 1.11. The zero-order valence-corrected chi connectivity index (χ0v) is 15.1. The van der Waals surface area contributed by atoms with Crippen LogP contribution in [0.2, 0.25) is 0 Å². The molecule has 1 saturated heterocycles. The van der Waals surface area contributed by atoms with Crippen molar-refractivity contribution in [2.45, 2.75) is 25.4 Å². The van der Waals surface area contributed by atoms with E-state index in [9.17, 15) is 9.59 Å². The second-order valence-corrected chi connectivity index (χ2v) is 7.99. The minimum atomic E-state index is -0.385. The van der Waals surface area contributed by atoms with Crippen molar-refractivity contribution in [2.75, 3.05) is 6.54 Å². The molecule has 3 heterocycles. The van der Waals surface area contributed by atoms with Crippen molar-refractivity contribution in [1.29, 1.82) is 0 Å². The predicted molar refractivity (Wildman–Crippen MR) is 99.8 cm³/mol. The Kier molecular flexibility index (Phi) is 4.50. The molecule has 0 unspecified atom stereocenters. The van der Waals surface area contributed by atoms with Gasteiger partial charge in [-0.25, -0.2) is 4.98 Å². The molecular formula is C18H17N3O2S2. The largest absolute Gasteiger partial charge is 0.348 e. The summed E-state index contributed by atoms with van der Waals surface area (Å²) in [6.07, 6.45) is 1.57. The van der Waals surface area contributed by atoms with Gasteiger partial charge in [-0.1, -0.05) is 18.2 Å². The fraction of sp³-hybridized carbons (Fsp3) is 0.278. The first-order valence-corrected chi connectivity index (χ1v) is 9.88. The number of para-hydroxylation sites is 1. The SMILES string of the molecule is O=C(NCc1nc2ccccc2s1)[C@@H]1CCCN1C(=O)c1cccs1. The molecule has 2 amide bonds. The van der Waals surface area contributed by atoms with Crippen molar-refractivity contribution >= 4 is 44.7 Å². The number of benzene rings is 1. The van der Waals surface area contributed by atoms with E-state index in [0.717, 1.165) is 21.6 Å². The number of aromatic nitrogens is 1. The third-order valence-corrected chi connectivity index (χ3v) is 6.19. The van der Waals surface area contributed by atoms with Gasteiger partial charge in [0.05, 0.1) is 21.6 Å². The molecule has 1 N–H and O–H groups in total. The molecule has 128 valence electrons. The van der Waals surface area contributed by atoms with Gasteiger partial charge in [0.2, 0.25) is 5.91 Å². The summed E-state index contributed by atoms with van der Waals surface area (Å²) in [6.45, 7) is 1.03. The topological polar surface area (TPSA) is 62.3 Å². The van der Waals surface area contributed by atoms with Crippen LogP contribution in [0.3, 0.4) is 0 Å². The van der Waals surface area contributed by atoms with Crippen LogP contribution >= 0.6 is 22.7 Å². The molecule has 0 aliphatic carbocycles. The van der Waals surface area contributed by atoms with Crippen molar-refractivity contribution in [3.05, 3.63) is 51.7 Å². The average Bonchev–Trinajstić information content (AvgIpc) is 3.38. The number of nitrogens with one attached hydrogen (secondary N) is 1. The van der Waals surface area contributed by atoms with Gasteiger partial charge in [-0.3, -0.25) is 9.59 Å². The Morgan fingerprint density at radius 2 is 2.12 bits per heavy atom. The van der Waals surface area contributed by atoms with E-state index in [4.69, 9.17) is 0 Å². The number of rotatable bonds is 4. The molecule has 1 aliphatic rings. The van der Waals surface area contributed by atoms with Gasteiger partial charge < -0.3 is 10.2 Å². The van der Waals surface area contributed by atoms with Crippen molar-refractivity contribution in [3.8, 4) is 0 Å². The van der Waals surface area contributed by atoms with Gasteiger partial charge in [0.15, 0.2) is 0 Å². The maximum absolute atomic E-state index is 12.6. The summed E-state index contributed by atoms with van der Waals surface area (Å²) in [5.41, 5.74) is 0.951. The Balaban J connectivity index is 1.42. The molecule has 1 aliphatic heterocycles. The maximum atomic E-state index is 12.6. The first-order valence-electron chi connectivity index (χ1n) is 8.19. The lowest BCUT2D eigenvalue weighted by Crippen LogP contribution is -2.45. The highest BCUT2D eigenvalue weighted by molar-refractivity contribution is 7.18. The fourth-order valence-corrected chi connectivity index (χ4v) is 4.69. The standard InChI is InChI=1S/C18H17N3O2S2/c22-17(19-11-16-20-12-5-1-2-7-14(12)25-16)13-6-3-9-21(13)18(23)15-8-4-10-24-15/h1-2,4-5,7-8,10,13H,3,6,9,11H2,(H,19,22)/t13-/m0/s1. The van der Waals surface area contributed by atoms with Crippen LogP contribution in [0.4, 0.5) is 0 Å². The lowest BCUT2D eigenvalue weighted by Gasteiger charge is -2.23. The highest BCUT2D eigenvalue weighted by Crippen LogP contribution is 2.24. The molecule has 25 heavy (non-hydrogen) atoms. The van der Waals surface area contributed by atoms with E-state index in [1.165, 1.54) is 11.3 Å². The van der Waals surface area contributed by atoms with E-state index in [1.54, 1.807) is 22.3 Å². The summed E-state index contributed by atoms with van der Waals surface area (Å²) >= 11 is 3.00. The van der Waals surface area contributed by atoms with Gasteiger partial charge in [0.25, 0.3) is 5.91 Å². The number of nitrogens with zero attached hydrogens (tertiary/aromatic N) is 2. The Morgan fingerprint density at radius 1 is 1.24 bits per heavy atom. The summed E-state index contributed by atoms with van der Waals surface area (Å²) in [6, 6.07) is 11.2. The molecule has 1 atom stereocenters. The van der Waals surface area contributed by atoms with Gasteiger partial charge in [-0.05, 0) is 36.4 Å². The molecule has 1 aromatic carbocycles. The number of thiazole rings is 1. The van der Waals surface area contributed by atoms with Crippen LogP contribution < -0.4 is 5.32 Å². The van der Waals surface area contributed by atoms with Crippen LogP contribution in [-0.2, 0) is 11.3 Å². The van der Waals surface area contributed by atoms with Crippen molar-refractivity contribution in [3.63, 3.8) is 0 Å². The first kappa shape index (κ1) is 16.2. The van der Waals surface area contributed by atoms with Crippen LogP contribution in [0, 0.1) is 0 Å². The minimum Gasteiger partial charge on any atom is -0.348 e. The Morgan fingerprint density at radius 3 is 2.92 bits per heavy atom. The van der Waals surface area contributed by atoms with E-state index in [1.807, 2.05) is 35.7 Å². The quantitative estimate of drug-likeness (QED) is 0.766. The van der Waals surface area contributed by atoms with Crippen LogP contribution in [-0.4, -0.2) is 34.3 Å². The zero-order chi connectivity index (χ0) is 17.2. The molecule has 0 saturated carbocycles. The minimum absolute atomic E-state index is 0.0485. The summed E-state index contributed by atoms with van der Waals surface area (Å²) in [4.78, 5) is 32.1. The van der Waals surface area contributed by atoms with Crippen LogP contribution in [0.25, 0.3) is 10.2 Å². The van der Waals surface area contributed by atoms with Crippen molar-refractivity contribution in [2.24, 2.45) is 0 Å². The maximum Gasteiger partial charge on any atom is 0.264 e. The lowest BCUT2D eigenvalue weighted by molar-refractivity contribution is -0.125. The Bertz CT molecular complexity index is 871. The van der Waals surface area contributed by atoms with Crippen molar-refractivity contribution in [1.82, 2.24) is 15.2 Å². The number of amides is 2. The number of carbonyl (C=O) groups excluding carboxylic acids is 2. The normalized spacial score (nSPS) is 17.1. The Hall–Kier alpha value is -2.25. The molecule has 2 aromatic heterocycles. The molecule has 4 rings (SSSR count). The van der Waals surface area contributed by atoms with Gasteiger partial charge in [-0.2, -0.15) is 0 Å². The fourth-order valence-electron chi connectivity index (χ4n) is 3.10. The number of fused-ring (bicyclic) bond motifs is 1. The second-order valence-electron chi connectivity index (χ2n) is 5.93. The smallest absolute Gasteiger partial charge is 0.264 e. The number of carbonyl (C=O) groups is 2. The van der Waals surface area contributed by atoms with Gasteiger partial charge >= 0.3 is 0 Å². The van der Waals surface area contributed by atoms with Gasteiger partial charge in [0, 0.05) is 6.54 Å². The third-order valence-electron chi connectivity index (χ3n) is 4.30. The molecule has 3 aromatic rings. The summed E-state index contributed by atoms with van der Waals surface area (Å²) in [5.74, 6) is -0.144. The third kappa shape index (κ3) is 3.29. The van der Waals surface area contributed by atoms with Crippen LogP contribution in [0.5, 0.6) is 0 Å². The molecule has 0 spiro atoms.